The van der Waals surface area contributed by atoms with E-state index in [2.05, 4.69) is 16.0 Å². The Morgan fingerprint density at radius 1 is 0.921 bits per heavy atom. The lowest BCUT2D eigenvalue weighted by Gasteiger charge is -2.22. The van der Waals surface area contributed by atoms with E-state index in [0.29, 0.717) is 18.0 Å². The van der Waals surface area contributed by atoms with Gasteiger partial charge in [-0.2, -0.15) is 0 Å². The third-order valence-electron chi connectivity index (χ3n) is 6.52. The lowest BCUT2D eigenvalue weighted by molar-refractivity contribution is -0.147. The summed E-state index contributed by atoms with van der Waals surface area (Å²) in [4.78, 5) is 38.4. The lowest BCUT2D eigenvalue weighted by Crippen LogP contribution is -2.49. The van der Waals surface area contributed by atoms with Crippen LogP contribution in [0.5, 0.6) is 0 Å². The Labute approximate surface area is 227 Å². The Bertz CT molecular complexity index is 1340. The van der Waals surface area contributed by atoms with Gasteiger partial charge in [-0.05, 0) is 54.4 Å². The van der Waals surface area contributed by atoms with E-state index in [0.717, 1.165) is 28.1 Å². The van der Waals surface area contributed by atoms with Gasteiger partial charge in [0, 0.05) is 37.5 Å². The number of benzene rings is 3. The number of carboxylic acid groups (broad SMARTS) is 1. The lowest BCUT2D eigenvalue weighted by atomic mass is 10.0. The SMILES string of the molecule is CN(C)C(=O)C1(C(=O)N[C@@H](Cc2ccc(NC(=S)Nc3ccccc3-c3ccccc3)cc2)C(=O)O)CC1. The Morgan fingerprint density at radius 2 is 1.55 bits per heavy atom. The molecule has 2 amide bonds. The van der Waals surface area contributed by atoms with Crippen molar-refractivity contribution in [3.05, 3.63) is 84.4 Å². The van der Waals surface area contributed by atoms with Crippen LogP contribution in [0.15, 0.2) is 78.9 Å². The van der Waals surface area contributed by atoms with Gasteiger partial charge in [0.25, 0.3) is 0 Å². The average molecular weight is 531 g/mol. The first-order chi connectivity index (χ1) is 18.2. The number of aliphatic carboxylic acids is 1. The fourth-order valence-corrected chi connectivity index (χ4v) is 4.52. The smallest absolute Gasteiger partial charge is 0.326 e. The summed E-state index contributed by atoms with van der Waals surface area (Å²) in [7, 11) is 3.17. The van der Waals surface area contributed by atoms with Crippen molar-refractivity contribution in [2.45, 2.75) is 25.3 Å². The molecule has 1 aliphatic rings. The molecular weight excluding hydrogens is 500 g/mol. The number of carbonyl (C=O) groups excluding carboxylic acids is 2. The molecule has 3 aromatic rings. The molecule has 8 nitrogen and oxygen atoms in total. The maximum Gasteiger partial charge on any atom is 0.326 e. The highest BCUT2D eigenvalue weighted by molar-refractivity contribution is 7.80. The summed E-state index contributed by atoms with van der Waals surface area (Å²) in [5, 5.41) is 19.1. The molecule has 0 aliphatic heterocycles. The summed E-state index contributed by atoms with van der Waals surface area (Å²) in [6, 6.07) is 23.9. The predicted octanol–water partition coefficient (Wildman–Crippen LogP) is 4.14. The number of para-hydroxylation sites is 1. The second-order valence-corrected chi connectivity index (χ2v) is 9.95. The standard InChI is InChI=1S/C29H30N4O4S/c1-33(2)27(37)29(16-17-29)26(36)31-24(25(34)35)18-19-12-14-21(15-13-19)30-28(38)32-23-11-7-6-10-22(23)20-8-4-3-5-9-20/h3-15,24H,16-18H2,1-2H3,(H,31,36)(H,34,35)(H2,30,32,38)/t24-/m0/s1. The minimum absolute atomic E-state index is 0.0841. The molecule has 1 saturated carbocycles. The molecule has 1 atom stereocenters. The van der Waals surface area contributed by atoms with Gasteiger partial charge < -0.3 is 26.0 Å². The Hall–Kier alpha value is -4.24. The molecule has 196 valence electrons. The minimum atomic E-state index is -1.16. The minimum Gasteiger partial charge on any atom is -0.480 e. The maximum absolute atomic E-state index is 12.8. The van der Waals surface area contributed by atoms with Crippen LogP contribution in [-0.4, -0.2) is 53.0 Å². The molecule has 38 heavy (non-hydrogen) atoms. The maximum atomic E-state index is 12.8. The van der Waals surface area contributed by atoms with Crippen LogP contribution in [0.25, 0.3) is 11.1 Å². The van der Waals surface area contributed by atoms with Crippen molar-refractivity contribution in [2.75, 3.05) is 24.7 Å². The zero-order valence-corrected chi connectivity index (χ0v) is 22.0. The number of anilines is 2. The van der Waals surface area contributed by atoms with E-state index < -0.39 is 23.3 Å². The first-order valence-electron chi connectivity index (χ1n) is 12.3. The van der Waals surface area contributed by atoms with E-state index in [4.69, 9.17) is 12.2 Å². The average Bonchev–Trinajstić information content (AvgIpc) is 3.72. The van der Waals surface area contributed by atoms with Gasteiger partial charge in [-0.15, -0.1) is 0 Å². The van der Waals surface area contributed by atoms with Gasteiger partial charge in [0.2, 0.25) is 11.8 Å². The molecule has 3 aromatic carbocycles. The number of hydrogen-bond acceptors (Lipinski definition) is 4. The van der Waals surface area contributed by atoms with E-state index in [9.17, 15) is 19.5 Å². The van der Waals surface area contributed by atoms with Crippen molar-refractivity contribution < 1.29 is 19.5 Å². The number of nitrogens with zero attached hydrogens (tertiary/aromatic N) is 1. The number of hydrogen-bond donors (Lipinski definition) is 4. The van der Waals surface area contributed by atoms with Gasteiger partial charge in [-0.3, -0.25) is 9.59 Å². The van der Waals surface area contributed by atoms with Gasteiger partial charge in [-0.25, -0.2) is 4.79 Å². The first-order valence-corrected chi connectivity index (χ1v) is 12.7. The number of carbonyl (C=O) groups is 3. The topological polar surface area (TPSA) is 111 Å². The number of rotatable bonds is 9. The van der Waals surface area contributed by atoms with Crippen molar-refractivity contribution in [3.8, 4) is 11.1 Å². The van der Waals surface area contributed by atoms with Crippen LogP contribution in [0.1, 0.15) is 18.4 Å². The summed E-state index contributed by atoms with van der Waals surface area (Å²) >= 11 is 5.51. The van der Waals surface area contributed by atoms with Gasteiger partial charge in [0.15, 0.2) is 5.11 Å². The molecule has 0 heterocycles. The quantitative estimate of drug-likeness (QED) is 0.243. The first kappa shape index (κ1) is 26.8. The van der Waals surface area contributed by atoms with E-state index >= 15 is 0 Å². The van der Waals surface area contributed by atoms with Crippen LogP contribution in [0, 0.1) is 5.41 Å². The van der Waals surface area contributed by atoms with Gasteiger partial charge in [0.1, 0.15) is 11.5 Å². The molecule has 0 aromatic heterocycles. The molecule has 0 spiro atoms. The summed E-state index contributed by atoms with van der Waals surface area (Å²) in [6.45, 7) is 0. The molecule has 0 saturated heterocycles. The molecule has 1 fully saturated rings. The van der Waals surface area contributed by atoms with Crippen molar-refractivity contribution in [2.24, 2.45) is 5.41 Å². The van der Waals surface area contributed by atoms with Crippen molar-refractivity contribution >= 4 is 46.5 Å². The summed E-state index contributed by atoms with van der Waals surface area (Å²) in [6.07, 6.45) is 0.930. The molecule has 4 N–H and O–H groups in total. The largest absolute Gasteiger partial charge is 0.480 e. The highest BCUT2D eigenvalue weighted by atomic mass is 32.1. The van der Waals surface area contributed by atoms with Gasteiger partial charge >= 0.3 is 5.97 Å². The van der Waals surface area contributed by atoms with Crippen LogP contribution < -0.4 is 16.0 Å². The van der Waals surface area contributed by atoms with Gasteiger partial charge in [-0.1, -0.05) is 60.7 Å². The van der Waals surface area contributed by atoms with Crippen LogP contribution in [0.2, 0.25) is 0 Å². The normalized spacial score (nSPS) is 14.1. The molecule has 1 aliphatic carbocycles. The second kappa shape index (κ2) is 11.4. The highest BCUT2D eigenvalue weighted by Crippen LogP contribution is 2.47. The van der Waals surface area contributed by atoms with E-state index in [1.165, 1.54) is 4.90 Å². The second-order valence-electron chi connectivity index (χ2n) is 9.54. The molecule has 0 bridgehead atoms. The Balaban J connectivity index is 1.37. The third-order valence-corrected chi connectivity index (χ3v) is 6.72. The van der Waals surface area contributed by atoms with Crippen LogP contribution in [0.4, 0.5) is 11.4 Å². The van der Waals surface area contributed by atoms with E-state index in [-0.39, 0.29) is 12.3 Å². The Morgan fingerprint density at radius 3 is 2.16 bits per heavy atom. The third kappa shape index (κ3) is 6.18. The Kier molecular flexibility index (Phi) is 8.07. The zero-order chi connectivity index (χ0) is 27.3. The van der Waals surface area contributed by atoms with Gasteiger partial charge in [0.05, 0.1) is 0 Å². The highest BCUT2D eigenvalue weighted by Gasteiger charge is 2.57. The summed E-state index contributed by atoms with van der Waals surface area (Å²) in [5.74, 6) is -1.99. The number of amides is 2. The molecule has 0 radical (unpaired) electrons. The summed E-state index contributed by atoms with van der Waals surface area (Å²) < 4.78 is 0. The molecule has 9 heteroatoms. The van der Waals surface area contributed by atoms with E-state index in [1.807, 2.05) is 54.6 Å². The molecule has 4 rings (SSSR count). The van der Waals surface area contributed by atoms with Crippen molar-refractivity contribution in [1.29, 1.82) is 0 Å². The monoisotopic (exact) mass is 530 g/mol. The fourth-order valence-electron chi connectivity index (χ4n) is 4.29. The molecular formula is C29H30N4O4S. The fraction of sp³-hybridized carbons (Fsp3) is 0.241. The number of nitrogens with one attached hydrogen (secondary N) is 3. The number of thiocarbonyl (C=S) groups is 1. The van der Waals surface area contributed by atoms with E-state index in [1.54, 1.807) is 38.4 Å². The summed E-state index contributed by atoms with van der Waals surface area (Å²) in [5.41, 5.74) is 3.27. The predicted molar refractivity (Wildman–Crippen MR) is 152 cm³/mol. The van der Waals surface area contributed by atoms with Crippen LogP contribution in [-0.2, 0) is 20.8 Å². The zero-order valence-electron chi connectivity index (χ0n) is 21.2. The van der Waals surface area contributed by atoms with Crippen molar-refractivity contribution in [1.82, 2.24) is 10.2 Å². The number of carboxylic acids is 1. The van der Waals surface area contributed by atoms with Crippen LogP contribution >= 0.6 is 12.2 Å². The molecule has 0 unspecified atom stereocenters. The van der Waals surface area contributed by atoms with Crippen molar-refractivity contribution in [3.63, 3.8) is 0 Å². The van der Waals surface area contributed by atoms with Crippen LogP contribution in [0.3, 0.4) is 0 Å².